The summed E-state index contributed by atoms with van der Waals surface area (Å²) < 4.78 is 2.15. The van der Waals surface area contributed by atoms with E-state index in [1.165, 1.54) is 6.42 Å². The molecule has 2 aliphatic heterocycles. The number of carbonyl (C=O) groups is 1. The van der Waals surface area contributed by atoms with Gasteiger partial charge in [0, 0.05) is 19.5 Å². The van der Waals surface area contributed by atoms with Crippen molar-refractivity contribution in [3.05, 3.63) is 11.6 Å². The first-order chi connectivity index (χ1) is 10.1. The van der Waals surface area contributed by atoms with Crippen molar-refractivity contribution < 1.29 is 9.90 Å². The second-order valence-electron chi connectivity index (χ2n) is 6.02. The van der Waals surface area contributed by atoms with Gasteiger partial charge in [-0.3, -0.25) is 4.79 Å². The molecule has 1 fully saturated rings. The molecule has 116 valence electrons. The van der Waals surface area contributed by atoms with Crippen molar-refractivity contribution in [2.75, 3.05) is 6.54 Å². The van der Waals surface area contributed by atoms with Gasteiger partial charge in [-0.25, -0.2) is 0 Å². The summed E-state index contributed by atoms with van der Waals surface area (Å²) >= 11 is 0. The number of aryl methyl sites for hydroxylation is 1. The van der Waals surface area contributed by atoms with E-state index in [0.717, 1.165) is 37.5 Å². The molecule has 3 atom stereocenters. The molecular weight excluding hydrogens is 270 g/mol. The van der Waals surface area contributed by atoms with Crippen LogP contribution in [0.15, 0.2) is 0 Å². The minimum absolute atomic E-state index is 0.0787. The van der Waals surface area contributed by atoms with Gasteiger partial charge in [-0.15, -0.1) is 10.2 Å². The smallest absolute Gasteiger partial charge is 0.237 e. The summed E-state index contributed by atoms with van der Waals surface area (Å²) in [5.41, 5.74) is 0. The Labute approximate surface area is 124 Å². The van der Waals surface area contributed by atoms with Crippen molar-refractivity contribution in [2.24, 2.45) is 0 Å². The lowest BCUT2D eigenvalue weighted by Gasteiger charge is -2.17. The van der Waals surface area contributed by atoms with Crippen LogP contribution in [0.5, 0.6) is 0 Å². The number of hydrogen-bond acceptors (Lipinski definition) is 5. The summed E-state index contributed by atoms with van der Waals surface area (Å²) in [6.07, 6.45) is 4.51. The lowest BCUT2D eigenvalue weighted by molar-refractivity contribution is -0.123. The second-order valence-corrected chi connectivity index (χ2v) is 6.02. The third-order valence-corrected chi connectivity index (χ3v) is 4.31. The molecule has 3 rings (SSSR count). The number of nitrogens with zero attached hydrogens (tertiary/aromatic N) is 3. The van der Waals surface area contributed by atoms with Crippen LogP contribution in [0, 0.1) is 0 Å². The molecular formula is C14H23N5O2. The van der Waals surface area contributed by atoms with E-state index in [1.807, 2.05) is 6.92 Å². The zero-order chi connectivity index (χ0) is 14.8. The number of aliphatic hydroxyl groups excluding tert-OH is 1. The average molecular weight is 293 g/mol. The highest BCUT2D eigenvalue weighted by atomic mass is 16.3. The maximum Gasteiger partial charge on any atom is 0.237 e. The highest BCUT2D eigenvalue weighted by Crippen LogP contribution is 2.19. The number of hydrogen-bond donors (Lipinski definition) is 3. The molecule has 3 heterocycles. The van der Waals surface area contributed by atoms with Crippen LogP contribution in [0.3, 0.4) is 0 Å². The van der Waals surface area contributed by atoms with Crippen LogP contribution >= 0.6 is 0 Å². The summed E-state index contributed by atoms with van der Waals surface area (Å²) in [5, 5.41) is 24.0. The van der Waals surface area contributed by atoms with Crippen LogP contribution in [0.1, 0.15) is 50.3 Å². The summed E-state index contributed by atoms with van der Waals surface area (Å²) in [6.45, 7) is 3.34. The van der Waals surface area contributed by atoms with Crippen molar-refractivity contribution in [1.82, 2.24) is 25.4 Å². The fraction of sp³-hybridized carbons (Fsp3) is 0.786. The Hall–Kier alpha value is -1.47. The van der Waals surface area contributed by atoms with Crippen LogP contribution in [0.25, 0.3) is 0 Å². The van der Waals surface area contributed by atoms with Gasteiger partial charge in [0.2, 0.25) is 5.91 Å². The van der Waals surface area contributed by atoms with E-state index in [9.17, 15) is 9.90 Å². The second kappa shape index (κ2) is 6.11. The highest BCUT2D eigenvalue weighted by molar-refractivity contribution is 5.82. The molecule has 0 bridgehead atoms. The first-order valence-corrected chi connectivity index (χ1v) is 7.79. The van der Waals surface area contributed by atoms with E-state index in [2.05, 4.69) is 25.4 Å². The molecule has 3 N–H and O–H groups in total. The Morgan fingerprint density at radius 3 is 3.05 bits per heavy atom. The maximum atomic E-state index is 12.2. The Bertz CT molecular complexity index is 515. The molecule has 21 heavy (non-hydrogen) atoms. The molecule has 0 saturated carbocycles. The van der Waals surface area contributed by atoms with Gasteiger partial charge < -0.3 is 20.3 Å². The zero-order valence-corrected chi connectivity index (χ0v) is 12.4. The zero-order valence-electron chi connectivity index (χ0n) is 12.4. The molecule has 7 nitrogen and oxygen atoms in total. The van der Waals surface area contributed by atoms with E-state index < -0.39 is 6.10 Å². The van der Waals surface area contributed by atoms with Gasteiger partial charge in [-0.05, 0) is 26.2 Å². The summed E-state index contributed by atoms with van der Waals surface area (Å²) in [5.74, 6) is 1.78. The molecule has 0 radical (unpaired) electrons. The van der Waals surface area contributed by atoms with E-state index in [0.29, 0.717) is 13.0 Å². The Morgan fingerprint density at radius 2 is 2.29 bits per heavy atom. The standard InChI is InChI=1S/C14H23N5O2/c1-9(16-14(21)11-7-10(20)8-15-11)13-18-17-12-5-3-2-4-6-19(12)13/h9-11,15,20H,2-8H2,1H3,(H,16,21). The fourth-order valence-corrected chi connectivity index (χ4v) is 3.12. The van der Waals surface area contributed by atoms with E-state index in [-0.39, 0.29) is 18.0 Å². The van der Waals surface area contributed by atoms with Gasteiger partial charge in [-0.2, -0.15) is 0 Å². The quantitative estimate of drug-likeness (QED) is 0.724. The number of aromatic nitrogens is 3. The van der Waals surface area contributed by atoms with Crippen LogP contribution in [-0.2, 0) is 17.8 Å². The minimum Gasteiger partial charge on any atom is -0.392 e. The predicted molar refractivity (Wildman–Crippen MR) is 76.5 cm³/mol. The molecule has 0 spiro atoms. The number of rotatable bonds is 3. The third-order valence-electron chi connectivity index (χ3n) is 4.31. The van der Waals surface area contributed by atoms with Crippen LogP contribution in [0.4, 0.5) is 0 Å². The minimum atomic E-state index is -0.430. The van der Waals surface area contributed by atoms with Crippen molar-refractivity contribution >= 4 is 5.91 Å². The number of nitrogens with one attached hydrogen (secondary N) is 2. The lowest BCUT2D eigenvalue weighted by Crippen LogP contribution is -2.42. The molecule has 1 aromatic heterocycles. The predicted octanol–water partition coefficient (Wildman–Crippen LogP) is -0.0955. The molecule has 2 aliphatic rings. The largest absolute Gasteiger partial charge is 0.392 e. The van der Waals surface area contributed by atoms with Crippen LogP contribution in [0.2, 0.25) is 0 Å². The monoisotopic (exact) mass is 293 g/mol. The molecule has 0 aromatic carbocycles. The molecule has 0 aliphatic carbocycles. The molecule has 1 aromatic rings. The number of carbonyl (C=O) groups excluding carboxylic acids is 1. The lowest BCUT2D eigenvalue weighted by atomic mass is 10.2. The van der Waals surface area contributed by atoms with E-state index in [1.54, 1.807) is 0 Å². The van der Waals surface area contributed by atoms with Gasteiger partial charge in [0.15, 0.2) is 5.82 Å². The summed E-state index contributed by atoms with van der Waals surface area (Å²) in [6, 6.07) is -0.481. The fourth-order valence-electron chi connectivity index (χ4n) is 3.12. The summed E-state index contributed by atoms with van der Waals surface area (Å²) in [7, 11) is 0. The number of β-amino-alcohol motifs (C(OH)–C–C–N with tert-alkyl or cyclic N) is 1. The number of amides is 1. The first-order valence-electron chi connectivity index (χ1n) is 7.79. The normalized spacial score (nSPS) is 27.0. The Morgan fingerprint density at radius 1 is 1.43 bits per heavy atom. The van der Waals surface area contributed by atoms with Crippen molar-refractivity contribution in [3.63, 3.8) is 0 Å². The van der Waals surface area contributed by atoms with Gasteiger partial charge in [0.25, 0.3) is 0 Å². The Kier molecular flexibility index (Phi) is 4.21. The van der Waals surface area contributed by atoms with Crippen molar-refractivity contribution in [3.8, 4) is 0 Å². The highest BCUT2D eigenvalue weighted by Gasteiger charge is 2.30. The molecule has 7 heteroatoms. The molecule has 1 amide bonds. The average Bonchev–Trinajstić information content (AvgIpc) is 2.99. The van der Waals surface area contributed by atoms with Crippen molar-refractivity contribution in [1.29, 1.82) is 0 Å². The summed E-state index contributed by atoms with van der Waals surface area (Å²) in [4.78, 5) is 12.2. The van der Waals surface area contributed by atoms with Gasteiger partial charge >= 0.3 is 0 Å². The van der Waals surface area contributed by atoms with Gasteiger partial charge in [0.05, 0.1) is 18.2 Å². The number of fused-ring (bicyclic) bond motifs is 1. The Balaban J connectivity index is 1.66. The van der Waals surface area contributed by atoms with E-state index in [4.69, 9.17) is 0 Å². The molecule has 3 unspecified atom stereocenters. The first kappa shape index (κ1) is 14.5. The molecule has 1 saturated heterocycles. The van der Waals surface area contributed by atoms with Gasteiger partial charge in [-0.1, -0.05) is 6.42 Å². The van der Waals surface area contributed by atoms with Gasteiger partial charge in [0.1, 0.15) is 5.82 Å². The number of aliphatic hydroxyl groups is 1. The topological polar surface area (TPSA) is 92.1 Å². The van der Waals surface area contributed by atoms with Crippen LogP contribution in [-0.4, -0.2) is 44.5 Å². The SMILES string of the molecule is CC(NC(=O)C1CC(O)CN1)c1nnc2n1CCCCC2. The third kappa shape index (κ3) is 3.08. The van der Waals surface area contributed by atoms with Crippen molar-refractivity contribution in [2.45, 2.75) is 63.8 Å². The van der Waals surface area contributed by atoms with Crippen LogP contribution < -0.4 is 10.6 Å². The van der Waals surface area contributed by atoms with E-state index >= 15 is 0 Å². The maximum absolute atomic E-state index is 12.2.